The van der Waals surface area contributed by atoms with Gasteiger partial charge in [0.05, 0.1) is 32.9 Å². The van der Waals surface area contributed by atoms with Gasteiger partial charge in [-0.3, -0.25) is 0 Å². The third kappa shape index (κ3) is 3.02. The summed E-state index contributed by atoms with van der Waals surface area (Å²) in [6, 6.07) is 1.75. The molecule has 0 bridgehead atoms. The number of anilines is 1. The van der Waals surface area contributed by atoms with Crippen LogP contribution < -0.4 is 19.9 Å². The van der Waals surface area contributed by atoms with Gasteiger partial charge in [0, 0.05) is 5.56 Å². The SMILES string of the molecule is COc1cc(Cn2nnc3c(Br)nc(N)nc32)c(Cl)c(OC)c1OC. The van der Waals surface area contributed by atoms with E-state index in [0.717, 1.165) is 0 Å². The van der Waals surface area contributed by atoms with Crippen molar-refractivity contribution in [3.63, 3.8) is 0 Å². The smallest absolute Gasteiger partial charge is 0.223 e. The molecule has 2 aromatic heterocycles. The van der Waals surface area contributed by atoms with Gasteiger partial charge in [0.25, 0.3) is 0 Å². The molecule has 0 unspecified atom stereocenters. The number of benzene rings is 1. The van der Waals surface area contributed by atoms with E-state index in [2.05, 4.69) is 36.2 Å². The van der Waals surface area contributed by atoms with Crippen LogP contribution in [0.4, 0.5) is 5.95 Å². The Labute approximate surface area is 156 Å². The van der Waals surface area contributed by atoms with Crippen LogP contribution in [0.3, 0.4) is 0 Å². The highest BCUT2D eigenvalue weighted by Crippen LogP contribution is 2.44. The molecule has 25 heavy (non-hydrogen) atoms. The largest absolute Gasteiger partial charge is 0.493 e. The predicted octanol–water partition coefficient (Wildman–Crippen LogP) is 2.29. The van der Waals surface area contributed by atoms with Gasteiger partial charge < -0.3 is 19.9 Å². The number of hydrogen-bond acceptors (Lipinski definition) is 8. The number of methoxy groups -OCH3 is 3. The number of nitrogens with zero attached hydrogens (tertiary/aromatic N) is 5. The van der Waals surface area contributed by atoms with E-state index in [9.17, 15) is 0 Å². The van der Waals surface area contributed by atoms with E-state index in [1.54, 1.807) is 10.7 Å². The lowest BCUT2D eigenvalue weighted by Gasteiger charge is -2.16. The number of aromatic nitrogens is 5. The first-order valence-electron chi connectivity index (χ1n) is 6.99. The van der Waals surface area contributed by atoms with Gasteiger partial charge in [-0.15, -0.1) is 5.10 Å². The lowest BCUT2D eigenvalue weighted by atomic mass is 10.1. The highest BCUT2D eigenvalue weighted by molar-refractivity contribution is 9.10. The molecular formula is C14H14BrClN6O3. The van der Waals surface area contributed by atoms with Crippen LogP contribution in [0.25, 0.3) is 11.2 Å². The molecule has 1 aromatic carbocycles. The van der Waals surface area contributed by atoms with Gasteiger partial charge in [-0.1, -0.05) is 16.8 Å². The molecule has 0 spiro atoms. The maximum Gasteiger partial charge on any atom is 0.223 e. The predicted molar refractivity (Wildman–Crippen MR) is 95.4 cm³/mol. The van der Waals surface area contributed by atoms with Crippen molar-refractivity contribution >= 4 is 44.6 Å². The van der Waals surface area contributed by atoms with Crippen molar-refractivity contribution in [1.82, 2.24) is 25.0 Å². The third-order valence-corrected chi connectivity index (χ3v) is 4.47. The summed E-state index contributed by atoms with van der Waals surface area (Å²) in [6.45, 7) is 0.273. The molecule has 0 saturated carbocycles. The maximum atomic E-state index is 6.46. The van der Waals surface area contributed by atoms with Crippen molar-refractivity contribution in [3.05, 3.63) is 21.3 Å². The van der Waals surface area contributed by atoms with E-state index in [1.807, 2.05) is 0 Å². The maximum absolute atomic E-state index is 6.46. The highest BCUT2D eigenvalue weighted by atomic mass is 79.9. The van der Waals surface area contributed by atoms with Crippen LogP contribution in [0.1, 0.15) is 5.56 Å². The normalized spacial score (nSPS) is 10.9. The number of nitrogen functional groups attached to an aromatic ring is 1. The number of hydrogen-bond donors (Lipinski definition) is 1. The van der Waals surface area contributed by atoms with Crippen LogP contribution in [0.2, 0.25) is 5.02 Å². The molecular weight excluding hydrogens is 416 g/mol. The summed E-state index contributed by atoms with van der Waals surface area (Å²) >= 11 is 9.76. The molecule has 0 fully saturated rings. The molecule has 9 nitrogen and oxygen atoms in total. The molecule has 3 aromatic rings. The number of rotatable bonds is 5. The first-order valence-corrected chi connectivity index (χ1v) is 8.16. The lowest BCUT2D eigenvalue weighted by molar-refractivity contribution is 0.323. The Balaban J connectivity index is 2.12. The molecule has 3 rings (SSSR count). The summed E-state index contributed by atoms with van der Waals surface area (Å²) in [6.07, 6.45) is 0. The summed E-state index contributed by atoms with van der Waals surface area (Å²) in [5, 5.41) is 8.53. The van der Waals surface area contributed by atoms with Gasteiger partial charge in [-0.05, 0) is 22.0 Å². The second-order valence-electron chi connectivity index (χ2n) is 4.91. The second kappa shape index (κ2) is 6.89. The second-order valence-corrected chi connectivity index (χ2v) is 6.04. The molecule has 0 radical (unpaired) electrons. The molecule has 0 amide bonds. The molecule has 2 N–H and O–H groups in total. The molecule has 0 aliphatic rings. The number of nitrogens with two attached hydrogens (primary N) is 1. The van der Waals surface area contributed by atoms with Crippen molar-refractivity contribution < 1.29 is 14.2 Å². The minimum absolute atomic E-state index is 0.110. The summed E-state index contributed by atoms with van der Waals surface area (Å²) in [5.41, 5.74) is 7.37. The zero-order valence-electron chi connectivity index (χ0n) is 13.6. The van der Waals surface area contributed by atoms with Crippen LogP contribution >= 0.6 is 27.5 Å². The quantitative estimate of drug-likeness (QED) is 0.615. The van der Waals surface area contributed by atoms with E-state index in [1.165, 1.54) is 21.3 Å². The Morgan fingerprint density at radius 1 is 1.16 bits per heavy atom. The molecule has 0 aliphatic heterocycles. The van der Waals surface area contributed by atoms with Gasteiger partial charge in [-0.2, -0.15) is 4.98 Å². The zero-order chi connectivity index (χ0) is 18.1. The fourth-order valence-corrected chi connectivity index (χ4v) is 3.11. The fraction of sp³-hybridized carbons (Fsp3) is 0.286. The fourth-order valence-electron chi connectivity index (χ4n) is 2.39. The van der Waals surface area contributed by atoms with E-state index < -0.39 is 0 Å². The van der Waals surface area contributed by atoms with Crippen molar-refractivity contribution in [1.29, 1.82) is 0 Å². The van der Waals surface area contributed by atoms with Crippen LogP contribution in [0.5, 0.6) is 17.2 Å². The van der Waals surface area contributed by atoms with E-state index in [-0.39, 0.29) is 12.5 Å². The average molecular weight is 430 g/mol. The Kier molecular flexibility index (Phi) is 4.82. The van der Waals surface area contributed by atoms with E-state index in [4.69, 9.17) is 31.5 Å². The third-order valence-electron chi connectivity index (χ3n) is 3.50. The first kappa shape index (κ1) is 17.5. The Morgan fingerprint density at radius 3 is 2.52 bits per heavy atom. The van der Waals surface area contributed by atoms with Crippen molar-refractivity contribution in [3.8, 4) is 17.2 Å². The van der Waals surface area contributed by atoms with Crippen LogP contribution in [0.15, 0.2) is 10.7 Å². The van der Waals surface area contributed by atoms with Gasteiger partial charge in [0.1, 0.15) is 4.60 Å². The van der Waals surface area contributed by atoms with Crippen LogP contribution in [-0.2, 0) is 6.54 Å². The van der Waals surface area contributed by atoms with E-state index in [0.29, 0.717) is 43.6 Å². The molecule has 0 aliphatic carbocycles. The molecule has 2 heterocycles. The van der Waals surface area contributed by atoms with Crippen molar-refractivity contribution in [2.24, 2.45) is 0 Å². The summed E-state index contributed by atoms with van der Waals surface area (Å²) < 4.78 is 18.1. The molecule has 0 saturated heterocycles. The first-order chi connectivity index (χ1) is 12.0. The number of ether oxygens (including phenoxy) is 3. The van der Waals surface area contributed by atoms with Crippen LogP contribution in [0, 0.1) is 0 Å². The van der Waals surface area contributed by atoms with Gasteiger partial charge >= 0.3 is 0 Å². The topological polar surface area (TPSA) is 110 Å². The number of halogens is 2. The summed E-state index contributed by atoms with van der Waals surface area (Å²) in [7, 11) is 4.55. The Bertz CT molecular complexity index is 948. The zero-order valence-corrected chi connectivity index (χ0v) is 15.9. The minimum Gasteiger partial charge on any atom is -0.493 e. The lowest BCUT2D eigenvalue weighted by Crippen LogP contribution is -2.07. The highest BCUT2D eigenvalue weighted by Gasteiger charge is 2.21. The van der Waals surface area contributed by atoms with Gasteiger partial charge in [0.15, 0.2) is 22.7 Å². The molecule has 0 atom stereocenters. The van der Waals surface area contributed by atoms with Gasteiger partial charge in [-0.25, -0.2) is 9.67 Å². The standard InChI is InChI=1S/C14H14BrClN6O3/c1-23-7-4-6(8(16)11(25-3)10(7)24-2)5-22-13-9(20-21-22)12(15)18-14(17)19-13/h4H,5H2,1-3H3,(H2,17,18,19). The summed E-state index contributed by atoms with van der Waals surface area (Å²) in [4.78, 5) is 8.19. The average Bonchev–Trinajstić information content (AvgIpc) is 2.99. The monoisotopic (exact) mass is 428 g/mol. The van der Waals surface area contributed by atoms with Crippen molar-refractivity contribution in [2.75, 3.05) is 27.1 Å². The van der Waals surface area contributed by atoms with Crippen molar-refractivity contribution in [2.45, 2.75) is 6.54 Å². The summed E-state index contributed by atoms with van der Waals surface area (Å²) in [5.74, 6) is 1.38. The Hall–Kier alpha value is -2.33. The van der Waals surface area contributed by atoms with Crippen LogP contribution in [-0.4, -0.2) is 46.3 Å². The Morgan fingerprint density at radius 2 is 1.88 bits per heavy atom. The molecule has 132 valence electrons. The van der Waals surface area contributed by atoms with E-state index >= 15 is 0 Å². The minimum atomic E-state index is 0.110. The number of fused-ring (bicyclic) bond motifs is 1. The van der Waals surface area contributed by atoms with Gasteiger partial charge in [0.2, 0.25) is 11.7 Å². The molecule has 11 heteroatoms.